The fourth-order valence-electron chi connectivity index (χ4n) is 0.763. The summed E-state index contributed by atoms with van der Waals surface area (Å²) >= 11 is 0. The van der Waals surface area contributed by atoms with E-state index in [-0.39, 0.29) is 6.10 Å². The van der Waals surface area contributed by atoms with Gasteiger partial charge in [0.1, 0.15) is 0 Å². The van der Waals surface area contributed by atoms with E-state index in [2.05, 4.69) is 18.4 Å². The molecule has 0 aromatic rings. The van der Waals surface area contributed by atoms with Crippen LogP contribution in [-0.2, 0) is 0 Å². The summed E-state index contributed by atoms with van der Waals surface area (Å²) in [5, 5.41) is 8.99. The van der Waals surface area contributed by atoms with Crippen molar-refractivity contribution in [3.05, 3.63) is 12.7 Å². The predicted molar refractivity (Wildman–Crippen MR) is 44.0 cm³/mol. The summed E-state index contributed by atoms with van der Waals surface area (Å²) in [6.07, 6.45) is 1.61. The van der Waals surface area contributed by atoms with Crippen molar-refractivity contribution in [1.29, 1.82) is 0 Å². The molecule has 1 N–H and O–H groups in total. The third-order valence-corrected chi connectivity index (χ3v) is 1.59. The highest BCUT2D eigenvalue weighted by atomic mass is 16.3. The zero-order valence-electron chi connectivity index (χ0n) is 7.04. The number of likely N-dealkylation sites (N-methyl/N-ethyl adjacent to an activating group) is 1. The second kappa shape index (κ2) is 4.47. The summed E-state index contributed by atoms with van der Waals surface area (Å²) in [6.45, 7) is 8.20. The predicted octanol–water partition coefficient (Wildman–Crippen LogP) is 0.873. The van der Waals surface area contributed by atoms with Gasteiger partial charge in [0.2, 0.25) is 0 Å². The van der Waals surface area contributed by atoms with Gasteiger partial charge in [-0.25, -0.2) is 0 Å². The number of aliphatic hydroxyl groups excluding tert-OH is 1. The van der Waals surface area contributed by atoms with Gasteiger partial charge >= 0.3 is 0 Å². The van der Waals surface area contributed by atoms with Crippen LogP contribution < -0.4 is 0 Å². The number of rotatable bonds is 4. The number of hydrogen-bond acceptors (Lipinski definition) is 2. The van der Waals surface area contributed by atoms with Crippen molar-refractivity contribution in [2.24, 2.45) is 0 Å². The Hall–Kier alpha value is -0.340. The van der Waals surface area contributed by atoms with Gasteiger partial charge in [-0.3, -0.25) is 4.90 Å². The molecule has 0 amide bonds. The van der Waals surface area contributed by atoms with Gasteiger partial charge in [0.05, 0.1) is 6.10 Å². The smallest absolute Gasteiger partial charge is 0.0639 e. The van der Waals surface area contributed by atoms with Crippen molar-refractivity contribution in [2.45, 2.75) is 26.0 Å². The van der Waals surface area contributed by atoms with Gasteiger partial charge in [0.15, 0.2) is 0 Å². The van der Waals surface area contributed by atoms with Crippen molar-refractivity contribution < 1.29 is 5.11 Å². The monoisotopic (exact) mass is 143 g/mol. The lowest BCUT2D eigenvalue weighted by atomic mass is 10.2. The summed E-state index contributed by atoms with van der Waals surface area (Å²) in [6, 6.07) is 0.342. The zero-order chi connectivity index (χ0) is 8.15. The van der Waals surface area contributed by atoms with E-state index >= 15 is 0 Å². The molecule has 0 saturated carbocycles. The zero-order valence-corrected chi connectivity index (χ0v) is 7.04. The van der Waals surface area contributed by atoms with Gasteiger partial charge in [-0.1, -0.05) is 6.08 Å². The highest BCUT2D eigenvalue weighted by Crippen LogP contribution is 1.96. The van der Waals surface area contributed by atoms with Crippen molar-refractivity contribution in [3.63, 3.8) is 0 Å². The van der Waals surface area contributed by atoms with Crippen LogP contribution in [0.3, 0.4) is 0 Å². The first kappa shape index (κ1) is 9.66. The molecule has 0 rings (SSSR count). The molecule has 0 saturated heterocycles. The maximum atomic E-state index is 8.99. The Morgan fingerprint density at radius 3 is 2.40 bits per heavy atom. The largest absolute Gasteiger partial charge is 0.392 e. The lowest BCUT2D eigenvalue weighted by molar-refractivity contribution is 0.132. The molecule has 0 aliphatic carbocycles. The molecule has 0 heterocycles. The van der Waals surface area contributed by atoms with Crippen LogP contribution in [0.15, 0.2) is 12.7 Å². The minimum Gasteiger partial charge on any atom is -0.392 e. The van der Waals surface area contributed by atoms with Crippen LogP contribution in [0, 0.1) is 0 Å². The van der Waals surface area contributed by atoms with E-state index in [0.717, 1.165) is 0 Å². The number of aliphatic hydroxyl groups is 1. The van der Waals surface area contributed by atoms with Crippen LogP contribution >= 0.6 is 0 Å². The van der Waals surface area contributed by atoms with Gasteiger partial charge in [0.25, 0.3) is 0 Å². The average molecular weight is 143 g/mol. The first-order valence-electron chi connectivity index (χ1n) is 3.58. The Balaban J connectivity index is 3.60. The quantitative estimate of drug-likeness (QED) is 0.590. The molecule has 0 bridgehead atoms. The first-order chi connectivity index (χ1) is 4.57. The normalized spacial score (nSPS) is 16.9. The van der Waals surface area contributed by atoms with Gasteiger partial charge in [-0.15, -0.1) is 6.58 Å². The Kier molecular flexibility index (Phi) is 4.32. The summed E-state index contributed by atoms with van der Waals surface area (Å²) in [5.41, 5.74) is 0. The van der Waals surface area contributed by atoms with Crippen LogP contribution in [0.4, 0.5) is 0 Å². The molecular formula is C8H17NO. The van der Waals surface area contributed by atoms with Crippen molar-refractivity contribution in [3.8, 4) is 0 Å². The second-order valence-electron chi connectivity index (χ2n) is 2.76. The summed E-state index contributed by atoms with van der Waals surface area (Å²) in [5.74, 6) is 0. The molecule has 0 aromatic carbocycles. The standard InChI is InChI=1S/C8H17NO/c1-5-7(2)9(4)6-8(3)10/h5,7-8,10H,1,6H2,2-4H3. The minimum atomic E-state index is -0.257. The number of nitrogens with zero attached hydrogens (tertiary/aromatic N) is 1. The van der Waals surface area contributed by atoms with Gasteiger partial charge in [-0.05, 0) is 20.9 Å². The molecule has 0 aromatic heterocycles. The van der Waals surface area contributed by atoms with E-state index in [1.807, 2.05) is 13.1 Å². The van der Waals surface area contributed by atoms with Crippen LogP contribution in [0.5, 0.6) is 0 Å². The highest BCUT2D eigenvalue weighted by molar-refractivity contribution is 4.82. The van der Waals surface area contributed by atoms with E-state index in [1.165, 1.54) is 0 Å². The molecular weight excluding hydrogens is 126 g/mol. The molecule has 0 aliphatic heterocycles. The van der Waals surface area contributed by atoms with E-state index < -0.39 is 0 Å². The molecule has 2 nitrogen and oxygen atoms in total. The second-order valence-corrected chi connectivity index (χ2v) is 2.76. The maximum absolute atomic E-state index is 8.99. The van der Waals surface area contributed by atoms with Crippen LogP contribution in [0.25, 0.3) is 0 Å². The van der Waals surface area contributed by atoms with Crippen LogP contribution in [-0.4, -0.2) is 35.7 Å². The van der Waals surface area contributed by atoms with Gasteiger partial charge < -0.3 is 5.11 Å². The maximum Gasteiger partial charge on any atom is 0.0639 e. The molecule has 0 radical (unpaired) electrons. The lowest BCUT2D eigenvalue weighted by Gasteiger charge is -2.22. The lowest BCUT2D eigenvalue weighted by Crippen LogP contribution is -2.33. The van der Waals surface area contributed by atoms with Crippen LogP contribution in [0.1, 0.15) is 13.8 Å². The molecule has 2 heteroatoms. The van der Waals surface area contributed by atoms with Crippen molar-refractivity contribution in [2.75, 3.05) is 13.6 Å². The minimum absolute atomic E-state index is 0.257. The van der Waals surface area contributed by atoms with E-state index in [0.29, 0.717) is 12.6 Å². The van der Waals surface area contributed by atoms with E-state index in [9.17, 15) is 0 Å². The fraction of sp³-hybridized carbons (Fsp3) is 0.750. The Bertz CT molecular complexity index is 101. The third-order valence-electron chi connectivity index (χ3n) is 1.59. The van der Waals surface area contributed by atoms with Crippen LogP contribution in [0.2, 0.25) is 0 Å². The Morgan fingerprint density at radius 2 is 2.10 bits per heavy atom. The van der Waals surface area contributed by atoms with Gasteiger partial charge in [-0.2, -0.15) is 0 Å². The summed E-state index contributed by atoms with van der Waals surface area (Å²) in [7, 11) is 1.97. The summed E-state index contributed by atoms with van der Waals surface area (Å²) in [4.78, 5) is 2.05. The Morgan fingerprint density at radius 1 is 1.60 bits per heavy atom. The van der Waals surface area contributed by atoms with Crippen molar-refractivity contribution >= 4 is 0 Å². The molecule has 60 valence electrons. The van der Waals surface area contributed by atoms with E-state index in [1.54, 1.807) is 6.92 Å². The molecule has 0 fully saturated rings. The molecule has 2 atom stereocenters. The SMILES string of the molecule is C=CC(C)N(C)CC(C)O. The molecule has 0 spiro atoms. The van der Waals surface area contributed by atoms with Gasteiger partial charge in [0, 0.05) is 12.6 Å². The average Bonchev–Trinajstić information content (AvgIpc) is 1.85. The summed E-state index contributed by atoms with van der Waals surface area (Å²) < 4.78 is 0. The number of hydrogen-bond donors (Lipinski definition) is 1. The molecule has 10 heavy (non-hydrogen) atoms. The molecule has 2 unspecified atom stereocenters. The topological polar surface area (TPSA) is 23.5 Å². The highest BCUT2D eigenvalue weighted by Gasteiger charge is 2.06. The fourth-order valence-corrected chi connectivity index (χ4v) is 0.763. The third kappa shape index (κ3) is 3.64. The Labute approximate surface area is 63.2 Å². The molecule has 0 aliphatic rings. The first-order valence-corrected chi connectivity index (χ1v) is 3.58. The van der Waals surface area contributed by atoms with E-state index in [4.69, 9.17) is 5.11 Å². The van der Waals surface area contributed by atoms with Crippen molar-refractivity contribution in [1.82, 2.24) is 4.90 Å².